The normalized spacial score (nSPS) is 15.3. The van der Waals surface area contributed by atoms with E-state index >= 15 is 0 Å². The molecule has 0 fully saturated rings. The molecule has 2 nitrogen and oxygen atoms in total. The summed E-state index contributed by atoms with van der Waals surface area (Å²) in [7, 11) is 0. The van der Waals surface area contributed by atoms with Crippen molar-refractivity contribution in [2.45, 2.75) is 38.8 Å². The number of hydrogen-bond donors (Lipinski definition) is 0. The topological polar surface area (TPSA) is 16.1 Å². The van der Waals surface area contributed by atoms with Crippen LogP contribution in [0.4, 0.5) is 5.69 Å². The van der Waals surface area contributed by atoms with Crippen molar-refractivity contribution in [2.24, 2.45) is 0 Å². The van der Waals surface area contributed by atoms with Crippen molar-refractivity contribution in [2.75, 3.05) is 4.90 Å². The van der Waals surface area contributed by atoms with E-state index in [-0.39, 0.29) is 0 Å². The van der Waals surface area contributed by atoms with Crippen molar-refractivity contribution in [3.8, 4) is 11.3 Å². The van der Waals surface area contributed by atoms with Crippen LogP contribution in [0.5, 0.6) is 0 Å². The second-order valence-corrected chi connectivity index (χ2v) is 8.32. The fourth-order valence-electron chi connectivity index (χ4n) is 4.52. The Morgan fingerprint density at radius 3 is 2.35 bits per heavy atom. The molecule has 0 amide bonds. The third-order valence-electron chi connectivity index (χ3n) is 6.17. The van der Waals surface area contributed by atoms with E-state index in [4.69, 9.17) is 4.98 Å². The van der Waals surface area contributed by atoms with Crippen LogP contribution in [-0.4, -0.2) is 11.0 Å². The largest absolute Gasteiger partial charge is 0.359 e. The summed E-state index contributed by atoms with van der Waals surface area (Å²) >= 11 is 0. The van der Waals surface area contributed by atoms with Gasteiger partial charge in [0.1, 0.15) is 0 Å². The molecule has 0 aliphatic carbocycles. The van der Waals surface area contributed by atoms with E-state index in [2.05, 4.69) is 109 Å². The molecule has 1 aromatic heterocycles. The third kappa shape index (κ3) is 3.98. The zero-order chi connectivity index (χ0) is 21.0. The number of aromatic nitrogens is 1. The monoisotopic (exact) mass is 404 g/mol. The molecular weight excluding hydrogens is 376 g/mol. The van der Waals surface area contributed by atoms with Crippen LogP contribution in [0.15, 0.2) is 91.0 Å². The van der Waals surface area contributed by atoms with Gasteiger partial charge in [-0.25, -0.2) is 4.98 Å². The van der Waals surface area contributed by atoms with Gasteiger partial charge in [0.05, 0.1) is 16.9 Å². The van der Waals surface area contributed by atoms with Crippen LogP contribution < -0.4 is 4.90 Å². The minimum atomic E-state index is 0.389. The summed E-state index contributed by atoms with van der Waals surface area (Å²) < 4.78 is 0. The number of anilines is 1. The number of pyridine rings is 1. The number of hydrogen-bond acceptors (Lipinski definition) is 2. The molecule has 31 heavy (non-hydrogen) atoms. The standard InChI is InChI=1S/C29H28N2/c1-2-3-14-26-19-17-25-16-15-24-18-20-27(23-12-8-5-9-13-23)30-28(24)29(25)31(26)21-22-10-6-4-7-11-22/h4-13,15-20,26H,2-3,14,21H2,1H3. The third-order valence-corrected chi connectivity index (χ3v) is 6.17. The fraction of sp³-hybridized carbons (Fsp3) is 0.207. The molecule has 0 spiro atoms. The van der Waals surface area contributed by atoms with Crippen LogP contribution in [0.1, 0.15) is 37.3 Å². The maximum absolute atomic E-state index is 5.19. The van der Waals surface area contributed by atoms with Crippen molar-refractivity contribution in [1.82, 2.24) is 4.98 Å². The van der Waals surface area contributed by atoms with E-state index in [1.807, 2.05) is 0 Å². The SMILES string of the molecule is CCCCC1C=Cc2ccc3ccc(-c4ccccc4)nc3c2N1Cc1ccccc1. The lowest BCUT2D eigenvalue weighted by molar-refractivity contribution is 0.595. The smallest absolute Gasteiger partial charge is 0.0949 e. The molecule has 0 saturated carbocycles. The minimum Gasteiger partial charge on any atom is -0.359 e. The van der Waals surface area contributed by atoms with Gasteiger partial charge in [-0.1, -0.05) is 111 Å². The lowest BCUT2D eigenvalue weighted by Gasteiger charge is -2.36. The fourth-order valence-corrected chi connectivity index (χ4v) is 4.52. The van der Waals surface area contributed by atoms with Gasteiger partial charge in [-0.05, 0) is 23.6 Å². The van der Waals surface area contributed by atoms with Crippen LogP contribution in [0, 0.1) is 0 Å². The van der Waals surface area contributed by atoms with Crippen LogP contribution in [0.2, 0.25) is 0 Å². The first-order chi connectivity index (χ1) is 15.3. The second-order valence-electron chi connectivity index (χ2n) is 8.32. The highest BCUT2D eigenvalue weighted by Crippen LogP contribution is 2.38. The molecule has 0 saturated heterocycles. The minimum absolute atomic E-state index is 0.389. The predicted octanol–water partition coefficient (Wildman–Crippen LogP) is 7.49. The Labute approximate surface area is 184 Å². The highest BCUT2D eigenvalue weighted by molar-refractivity contribution is 5.98. The summed E-state index contributed by atoms with van der Waals surface area (Å²) in [6, 6.07) is 30.5. The van der Waals surface area contributed by atoms with E-state index < -0.39 is 0 Å². The zero-order valence-electron chi connectivity index (χ0n) is 18.0. The number of rotatable bonds is 6. The van der Waals surface area contributed by atoms with Crippen molar-refractivity contribution in [1.29, 1.82) is 0 Å². The van der Waals surface area contributed by atoms with E-state index in [1.165, 1.54) is 35.0 Å². The Morgan fingerprint density at radius 1 is 0.839 bits per heavy atom. The average Bonchev–Trinajstić information content (AvgIpc) is 2.84. The molecule has 1 aliphatic rings. The summed E-state index contributed by atoms with van der Waals surface area (Å²) in [6.07, 6.45) is 8.28. The summed E-state index contributed by atoms with van der Waals surface area (Å²) in [4.78, 5) is 7.76. The number of unbranched alkanes of at least 4 members (excludes halogenated alkanes) is 1. The molecule has 154 valence electrons. The van der Waals surface area contributed by atoms with Gasteiger partial charge >= 0.3 is 0 Å². The first-order valence-corrected chi connectivity index (χ1v) is 11.3. The van der Waals surface area contributed by atoms with Gasteiger partial charge in [0, 0.05) is 23.5 Å². The highest BCUT2D eigenvalue weighted by atomic mass is 15.2. The molecule has 5 rings (SSSR count). The molecule has 0 N–H and O–H groups in total. The molecule has 1 unspecified atom stereocenters. The second kappa shape index (κ2) is 8.77. The van der Waals surface area contributed by atoms with E-state index in [1.54, 1.807) is 0 Å². The lowest BCUT2D eigenvalue weighted by Crippen LogP contribution is -2.36. The van der Waals surface area contributed by atoms with Crippen LogP contribution in [0.3, 0.4) is 0 Å². The Balaban J connectivity index is 1.65. The predicted molar refractivity (Wildman–Crippen MR) is 132 cm³/mol. The van der Waals surface area contributed by atoms with Crippen molar-refractivity contribution >= 4 is 22.7 Å². The summed E-state index contributed by atoms with van der Waals surface area (Å²) in [5, 5.41) is 1.20. The molecule has 0 radical (unpaired) electrons. The molecular formula is C29H28N2. The summed E-state index contributed by atoms with van der Waals surface area (Å²) in [5.74, 6) is 0. The average molecular weight is 405 g/mol. The van der Waals surface area contributed by atoms with E-state index in [0.717, 1.165) is 29.7 Å². The van der Waals surface area contributed by atoms with Gasteiger partial charge in [-0.15, -0.1) is 0 Å². The van der Waals surface area contributed by atoms with Gasteiger partial charge in [-0.2, -0.15) is 0 Å². The van der Waals surface area contributed by atoms with Crippen LogP contribution in [-0.2, 0) is 6.54 Å². The van der Waals surface area contributed by atoms with Crippen molar-refractivity contribution in [3.05, 3.63) is 102 Å². The van der Waals surface area contributed by atoms with Crippen LogP contribution in [0.25, 0.3) is 28.2 Å². The van der Waals surface area contributed by atoms with Gasteiger partial charge < -0.3 is 4.90 Å². The highest BCUT2D eigenvalue weighted by Gasteiger charge is 2.25. The lowest BCUT2D eigenvalue weighted by atomic mass is 9.96. The van der Waals surface area contributed by atoms with Crippen LogP contribution >= 0.6 is 0 Å². The molecule has 3 aromatic carbocycles. The van der Waals surface area contributed by atoms with Gasteiger partial charge in [0.2, 0.25) is 0 Å². The Hall–Kier alpha value is -3.39. The molecule has 1 atom stereocenters. The summed E-state index contributed by atoms with van der Waals surface area (Å²) in [6.45, 7) is 3.16. The number of fused-ring (bicyclic) bond motifs is 3. The molecule has 0 bridgehead atoms. The maximum Gasteiger partial charge on any atom is 0.0949 e. The molecule has 2 heterocycles. The first-order valence-electron chi connectivity index (χ1n) is 11.3. The van der Waals surface area contributed by atoms with E-state index in [9.17, 15) is 0 Å². The number of nitrogens with zero attached hydrogens (tertiary/aromatic N) is 2. The Kier molecular flexibility index (Phi) is 5.54. The zero-order valence-corrected chi connectivity index (χ0v) is 18.0. The molecule has 4 aromatic rings. The Morgan fingerprint density at radius 2 is 1.58 bits per heavy atom. The summed E-state index contributed by atoms with van der Waals surface area (Å²) in [5.41, 5.74) is 7.14. The van der Waals surface area contributed by atoms with E-state index in [0.29, 0.717) is 6.04 Å². The van der Waals surface area contributed by atoms with Crippen molar-refractivity contribution in [3.63, 3.8) is 0 Å². The van der Waals surface area contributed by atoms with Gasteiger partial charge in [-0.3, -0.25) is 0 Å². The number of benzene rings is 3. The Bertz CT molecular complexity index is 1200. The quantitative estimate of drug-likeness (QED) is 0.331. The molecule has 1 aliphatic heterocycles. The van der Waals surface area contributed by atoms with Gasteiger partial charge in [0.15, 0.2) is 0 Å². The van der Waals surface area contributed by atoms with Gasteiger partial charge in [0.25, 0.3) is 0 Å². The maximum atomic E-state index is 5.19. The van der Waals surface area contributed by atoms with Crippen molar-refractivity contribution < 1.29 is 0 Å². The molecule has 2 heteroatoms. The first kappa shape index (κ1) is 19.6.